The SMILES string of the molecule is C#CCNc1ccc2c(c1)CC(OC)NC2=O. The van der Waals surface area contributed by atoms with E-state index in [1.165, 1.54) is 0 Å². The monoisotopic (exact) mass is 230 g/mol. The van der Waals surface area contributed by atoms with Crippen molar-refractivity contribution in [3.8, 4) is 12.3 Å². The van der Waals surface area contributed by atoms with Gasteiger partial charge in [0, 0.05) is 24.8 Å². The lowest BCUT2D eigenvalue weighted by atomic mass is 9.98. The smallest absolute Gasteiger partial charge is 0.253 e. The van der Waals surface area contributed by atoms with Gasteiger partial charge in [-0.15, -0.1) is 6.42 Å². The first-order valence-electron chi connectivity index (χ1n) is 5.38. The molecule has 1 aromatic rings. The second-order valence-electron chi connectivity index (χ2n) is 3.83. The van der Waals surface area contributed by atoms with Crippen LogP contribution in [0.2, 0.25) is 0 Å². The molecule has 0 fully saturated rings. The number of fused-ring (bicyclic) bond motifs is 1. The number of amides is 1. The van der Waals surface area contributed by atoms with E-state index in [9.17, 15) is 4.79 Å². The van der Waals surface area contributed by atoms with E-state index in [1.54, 1.807) is 13.2 Å². The van der Waals surface area contributed by atoms with Gasteiger partial charge in [0.25, 0.3) is 5.91 Å². The number of benzene rings is 1. The van der Waals surface area contributed by atoms with Gasteiger partial charge in [0.05, 0.1) is 6.54 Å². The van der Waals surface area contributed by atoms with Gasteiger partial charge >= 0.3 is 0 Å². The van der Waals surface area contributed by atoms with E-state index in [-0.39, 0.29) is 12.1 Å². The number of carbonyl (C=O) groups excluding carboxylic acids is 1. The number of rotatable bonds is 3. The van der Waals surface area contributed by atoms with Gasteiger partial charge in [-0.3, -0.25) is 4.79 Å². The molecular weight excluding hydrogens is 216 g/mol. The molecule has 4 nitrogen and oxygen atoms in total. The van der Waals surface area contributed by atoms with E-state index in [0.717, 1.165) is 11.3 Å². The Bertz CT molecular complexity index is 477. The van der Waals surface area contributed by atoms with Gasteiger partial charge in [0.2, 0.25) is 0 Å². The van der Waals surface area contributed by atoms with Crippen molar-refractivity contribution in [3.63, 3.8) is 0 Å². The van der Waals surface area contributed by atoms with Gasteiger partial charge in [-0.25, -0.2) is 0 Å². The summed E-state index contributed by atoms with van der Waals surface area (Å²) >= 11 is 0. The summed E-state index contributed by atoms with van der Waals surface area (Å²) < 4.78 is 5.15. The van der Waals surface area contributed by atoms with Crippen LogP contribution in [0, 0.1) is 12.3 Å². The standard InChI is InChI=1S/C13H14N2O2/c1-3-6-14-10-4-5-11-9(7-10)8-12(17-2)15-13(11)16/h1,4-5,7,12,14H,6,8H2,2H3,(H,15,16). The van der Waals surface area contributed by atoms with Gasteiger partial charge in [0.15, 0.2) is 0 Å². The lowest BCUT2D eigenvalue weighted by Crippen LogP contribution is -2.42. The predicted molar refractivity (Wildman–Crippen MR) is 65.7 cm³/mol. The highest BCUT2D eigenvalue weighted by atomic mass is 16.5. The minimum Gasteiger partial charge on any atom is -0.374 e. The maximum atomic E-state index is 11.7. The topological polar surface area (TPSA) is 50.4 Å². The minimum atomic E-state index is -0.252. The van der Waals surface area contributed by atoms with Crippen molar-refractivity contribution in [1.82, 2.24) is 5.32 Å². The first-order valence-corrected chi connectivity index (χ1v) is 5.38. The molecule has 0 aliphatic carbocycles. The molecule has 0 spiro atoms. The van der Waals surface area contributed by atoms with Crippen LogP contribution in [-0.4, -0.2) is 25.8 Å². The number of hydrogen-bond donors (Lipinski definition) is 2. The maximum absolute atomic E-state index is 11.7. The van der Waals surface area contributed by atoms with Crippen LogP contribution in [0.1, 0.15) is 15.9 Å². The van der Waals surface area contributed by atoms with Crippen LogP contribution in [0.4, 0.5) is 5.69 Å². The summed E-state index contributed by atoms with van der Waals surface area (Å²) in [5.74, 6) is 2.41. The number of ether oxygens (including phenoxy) is 1. The lowest BCUT2D eigenvalue weighted by molar-refractivity contribution is 0.0539. The van der Waals surface area contributed by atoms with Crippen LogP contribution in [0.3, 0.4) is 0 Å². The molecule has 88 valence electrons. The third kappa shape index (κ3) is 2.40. The molecule has 1 aliphatic heterocycles. The van der Waals surface area contributed by atoms with Crippen molar-refractivity contribution < 1.29 is 9.53 Å². The van der Waals surface area contributed by atoms with Gasteiger partial charge in [-0.05, 0) is 23.8 Å². The fraction of sp³-hybridized carbons (Fsp3) is 0.308. The Kier molecular flexibility index (Phi) is 3.31. The van der Waals surface area contributed by atoms with Crippen LogP contribution in [0.25, 0.3) is 0 Å². The van der Waals surface area contributed by atoms with Crippen LogP contribution < -0.4 is 10.6 Å². The Morgan fingerprint density at radius 1 is 1.65 bits per heavy atom. The van der Waals surface area contributed by atoms with Crippen molar-refractivity contribution in [3.05, 3.63) is 29.3 Å². The quantitative estimate of drug-likeness (QED) is 0.761. The zero-order valence-corrected chi connectivity index (χ0v) is 9.62. The molecule has 1 aromatic carbocycles. The Morgan fingerprint density at radius 2 is 2.47 bits per heavy atom. The highest BCUT2D eigenvalue weighted by molar-refractivity contribution is 5.97. The first kappa shape index (κ1) is 11.5. The van der Waals surface area contributed by atoms with E-state index in [1.807, 2.05) is 12.1 Å². The van der Waals surface area contributed by atoms with E-state index < -0.39 is 0 Å². The van der Waals surface area contributed by atoms with E-state index in [2.05, 4.69) is 16.6 Å². The summed E-state index contributed by atoms with van der Waals surface area (Å²) in [6, 6.07) is 5.59. The minimum absolute atomic E-state index is 0.0957. The second kappa shape index (κ2) is 4.89. The van der Waals surface area contributed by atoms with Gasteiger partial charge in [-0.1, -0.05) is 5.92 Å². The summed E-state index contributed by atoms with van der Waals surface area (Å²) in [5.41, 5.74) is 2.60. The molecule has 2 rings (SSSR count). The number of anilines is 1. The molecule has 4 heteroatoms. The molecule has 0 aromatic heterocycles. The van der Waals surface area contributed by atoms with Gasteiger partial charge in [-0.2, -0.15) is 0 Å². The van der Waals surface area contributed by atoms with Crippen LogP contribution in [0.5, 0.6) is 0 Å². The summed E-state index contributed by atoms with van der Waals surface area (Å²) in [6.07, 6.45) is 5.60. The van der Waals surface area contributed by atoms with E-state index >= 15 is 0 Å². The van der Waals surface area contributed by atoms with Crippen molar-refractivity contribution >= 4 is 11.6 Å². The number of carbonyl (C=O) groups is 1. The Hall–Kier alpha value is -1.99. The molecule has 0 saturated carbocycles. The van der Waals surface area contributed by atoms with Crippen molar-refractivity contribution in [2.45, 2.75) is 12.6 Å². The lowest BCUT2D eigenvalue weighted by Gasteiger charge is -2.24. The average molecular weight is 230 g/mol. The summed E-state index contributed by atoms with van der Waals surface area (Å²) in [4.78, 5) is 11.7. The predicted octanol–water partition coefficient (Wildman–Crippen LogP) is 0.990. The molecule has 0 radical (unpaired) electrons. The Morgan fingerprint density at radius 3 is 3.18 bits per heavy atom. The highest BCUT2D eigenvalue weighted by Gasteiger charge is 2.23. The molecule has 1 unspecified atom stereocenters. The van der Waals surface area contributed by atoms with E-state index in [0.29, 0.717) is 18.5 Å². The largest absolute Gasteiger partial charge is 0.374 e. The average Bonchev–Trinajstić information content (AvgIpc) is 2.35. The highest BCUT2D eigenvalue weighted by Crippen LogP contribution is 2.21. The van der Waals surface area contributed by atoms with Crippen molar-refractivity contribution in [2.24, 2.45) is 0 Å². The zero-order valence-electron chi connectivity index (χ0n) is 9.62. The molecule has 1 atom stereocenters. The third-order valence-corrected chi connectivity index (χ3v) is 2.73. The molecule has 1 amide bonds. The normalized spacial score (nSPS) is 17.9. The first-order chi connectivity index (χ1) is 8.24. The van der Waals surface area contributed by atoms with E-state index in [4.69, 9.17) is 11.2 Å². The molecule has 0 bridgehead atoms. The molecule has 0 saturated heterocycles. The van der Waals surface area contributed by atoms with Crippen LogP contribution in [0.15, 0.2) is 18.2 Å². The Labute approximate surface area is 100 Å². The number of hydrogen-bond acceptors (Lipinski definition) is 3. The summed E-state index contributed by atoms with van der Waals surface area (Å²) in [6.45, 7) is 0.471. The van der Waals surface area contributed by atoms with Crippen LogP contribution in [-0.2, 0) is 11.2 Å². The second-order valence-corrected chi connectivity index (χ2v) is 3.83. The molecule has 2 N–H and O–H groups in total. The molecular formula is C13H14N2O2. The van der Waals surface area contributed by atoms with Gasteiger partial charge < -0.3 is 15.4 Å². The number of terminal acetylenes is 1. The molecule has 1 aliphatic rings. The summed E-state index contributed by atoms with van der Waals surface area (Å²) in [7, 11) is 1.58. The molecule has 1 heterocycles. The Balaban J connectivity index is 2.25. The molecule has 17 heavy (non-hydrogen) atoms. The fourth-order valence-electron chi connectivity index (χ4n) is 1.86. The van der Waals surface area contributed by atoms with Crippen molar-refractivity contribution in [1.29, 1.82) is 0 Å². The third-order valence-electron chi connectivity index (χ3n) is 2.73. The van der Waals surface area contributed by atoms with Crippen molar-refractivity contribution in [2.75, 3.05) is 19.0 Å². The van der Waals surface area contributed by atoms with Crippen LogP contribution >= 0.6 is 0 Å². The number of methoxy groups -OCH3 is 1. The number of nitrogens with one attached hydrogen (secondary N) is 2. The fourth-order valence-corrected chi connectivity index (χ4v) is 1.86. The zero-order chi connectivity index (χ0) is 12.3. The van der Waals surface area contributed by atoms with Gasteiger partial charge in [0.1, 0.15) is 6.23 Å². The summed E-state index contributed by atoms with van der Waals surface area (Å²) in [5, 5.41) is 5.85. The maximum Gasteiger partial charge on any atom is 0.253 e.